The number of carboxylic acids is 1. The first-order valence-corrected chi connectivity index (χ1v) is 7.58. The van der Waals surface area contributed by atoms with E-state index in [1.807, 2.05) is 12.1 Å². The molecule has 0 radical (unpaired) electrons. The largest absolute Gasteiger partial charge is 0.478 e. The first-order chi connectivity index (χ1) is 9.97. The summed E-state index contributed by atoms with van der Waals surface area (Å²) in [7, 11) is 0. The molecule has 0 atom stereocenters. The highest BCUT2D eigenvalue weighted by Gasteiger charge is 2.16. The summed E-state index contributed by atoms with van der Waals surface area (Å²) in [5, 5.41) is 22.8. The number of anilines is 1. The first-order valence-electron chi connectivity index (χ1n) is 5.97. The van der Waals surface area contributed by atoms with Crippen LogP contribution in [0.1, 0.15) is 15.2 Å². The van der Waals surface area contributed by atoms with E-state index < -0.39 is 10.9 Å². The fourth-order valence-corrected chi connectivity index (χ4v) is 3.26. The SMILES string of the molecule is O=C(O)c1ccc([N+](=O)[O-])c(NCCc2ccc(Br)s2)c1. The number of benzene rings is 1. The Morgan fingerprint density at radius 2 is 2.14 bits per heavy atom. The predicted molar refractivity (Wildman–Crippen MR) is 84.3 cm³/mol. The zero-order chi connectivity index (χ0) is 15.4. The molecule has 0 unspecified atom stereocenters. The van der Waals surface area contributed by atoms with Crippen LogP contribution in [-0.2, 0) is 6.42 Å². The predicted octanol–water partition coefficient (Wildman–Crippen LogP) is 3.77. The zero-order valence-corrected chi connectivity index (χ0v) is 13.1. The fraction of sp³-hybridized carbons (Fsp3) is 0.154. The minimum absolute atomic E-state index is 0.0157. The number of thiophene rings is 1. The molecule has 21 heavy (non-hydrogen) atoms. The molecule has 8 heteroatoms. The normalized spacial score (nSPS) is 10.3. The van der Waals surface area contributed by atoms with E-state index in [0.29, 0.717) is 13.0 Å². The Bertz CT molecular complexity index is 687. The molecule has 2 N–H and O–H groups in total. The minimum atomic E-state index is -1.12. The highest BCUT2D eigenvalue weighted by atomic mass is 79.9. The Labute approximate surface area is 132 Å². The van der Waals surface area contributed by atoms with Gasteiger partial charge in [0.05, 0.1) is 14.3 Å². The molecule has 1 heterocycles. The van der Waals surface area contributed by atoms with Crippen LogP contribution < -0.4 is 5.32 Å². The molecule has 2 rings (SSSR count). The van der Waals surface area contributed by atoms with Crippen molar-refractivity contribution >= 4 is 44.6 Å². The number of nitrogens with zero attached hydrogens (tertiary/aromatic N) is 1. The lowest BCUT2D eigenvalue weighted by Crippen LogP contribution is -2.08. The van der Waals surface area contributed by atoms with Gasteiger partial charge < -0.3 is 10.4 Å². The fourth-order valence-electron chi connectivity index (χ4n) is 1.78. The van der Waals surface area contributed by atoms with Gasteiger partial charge in [-0.25, -0.2) is 4.79 Å². The average molecular weight is 371 g/mol. The van der Waals surface area contributed by atoms with Crippen LogP contribution in [-0.4, -0.2) is 22.5 Å². The van der Waals surface area contributed by atoms with Gasteiger partial charge >= 0.3 is 5.97 Å². The molecular formula is C13H11BrN2O4S. The molecule has 6 nitrogen and oxygen atoms in total. The van der Waals surface area contributed by atoms with E-state index in [0.717, 1.165) is 8.66 Å². The molecule has 0 aliphatic carbocycles. The molecule has 110 valence electrons. The summed E-state index contributed by atoms with van der Waals surface area (Å²) in [6.45, 7) is 0.483. The maximum absolute atomic E-state index is 11.0. The number of halogens is 1. The standard InChI is InChI=1S/C13H11BrN2O4S/c14-12-4-2-9(21-12)5-6-15-10-7-8(13(17)18)1-3-11(10)16(19)20/h1-4,7,15H,5-6H2,(H,17,18). The van der Waals surface area contributed by atoms with Crippen LogP contribution >= 0.6 is 27.3 Å². The molecule has 0 aliphatic rings. The number of nitro groups is 1. The maximum Gasteiger partial charge on any atom is 0.335 e. The van der Waals surface area contributed by atoms with Crippen molar-refractivity contribution < 1.29 is 14.8 Å². The molecule has 0 amide bonds. The summed E-state index contributed by atoms with van der Waals surface area (Å²) in [4.78, 5) is 22.5. The van der Waals surface area contributed by atoms with Crippen LogP contribution in [0.4, 0.5) is 11.4 Å². The zero-order valence-electron chi connectivity index (χ0n) is 10.7. The molecule has 0 aliphatic heterocycles. The number of nitro benzene ring substituents is 1. The average Bonchev–Trinajstić information content (AvgIpc) is 2.84. The molecular weight excluding hydrogens is 360 g/mol. The Morgan fingerprint density at radius 3 is 2.71 bits per heavy atom. The molecule has 2 aromatic rings. The summed E-state index contributed by atoms with van der Waals surface area (Å²) in [5.41, 5.74) is 0.102. The van der Waals surface area contributed by atoms with Crippen molar-refractivity contribution in [1.29, 1.82) is 0 Å². The van der Waals surface area contributed by atoms with Gasteiger partial charge in [-0.2, -0.15) is 0 Å². The molecule has 1 aromatic carbocycles. The van der Waals surface area contributed by atoms with Crippen LogP contribution in [0.15, 0.2) is 34.1 Å². The third-order valence-electron chi connectivity index (χ3n) is 2.76. The van der Waals surface area contributed by atoms with E-state index in [-0.39, 0.29) is 16.9 Å². The molecule has 1 aromatic heterocycles. The van der Waals surface area contributed by atoms with E-state index in [1.165, 1.54) is 18.2 Å². The van der Waals surface area contributed by atoms with Crippen LogP contribution in [0, 0.1) is 10.1 Å². The summed E-state index contributed by atoms with van der Waals surface area (Å²) in [6, 6.07) is 7.62. The summed E-state index contributed by atoms with van der Waals surface area (Å²) in [5.74, 6) is -1.12. The van der Waals surface area contributed by atoms with Crippen molar-refractivity contribution in [3.8, 4) is 0 Å². The minimum Gasteiger partial charge on any atom is -0.478 e. The monoisotopic (exact) mass is 370 g/mol. The van der Waals surface area contributed by atoms with Crippen molar-refractivity contribution in [3.05, 3.63) is 54.7 Å². The van der Waals surface area contributed by atoms with Gasteiger partial charge in [0.15, 0.2) is 0 Å². The van der Waals surface area contributed by atoms with Gasteiger partial charge in [0, 0.05) is 17.5 Å². The highest BCUT2D eigenvalue weighted by molar-refractivity contribution is 9.11. The number of carboxylic acid groups (broad SMARTS) is 1. The Morgan fingerprint density at radius 1 is 1.38 bits per heavy atom. The summed E-state index contributed by atoms with van der Waals surface area (Å²) < 4.78 is 1.02. The summed E-state index contributed by atoms with van der Waals surface area (Å²) >= 11 is 4.96. The van der Waals surface area contributed by atoms with E-state index >= 15 is 0 Å². The second kappa shape index (κ2) is 6.68. The molecule has 0 saturated carbocycles. The van der Waals surface area contributed by atoms with Crippen LogP contribution in [0.5, 0.6) is 0 Å². The van der Waals surface area contributed by atoms with Crippen LogP contribution in [0.2, 0.25) is 0 Å². The third-order valence-corrected chi connectivity index (χ3v) is 4.44. The maximum atomic E-state index is 11.0. The first kappa shape index (κ1) is 15.5. The van der Waals surface area contributed by atoms with Gasteiger partial charge in [0.1, 0.15) is 5.69 Å². The second-order valence-electron chi connectivity index (χ2n) is 4.18. The Kier molecular flexibility index (Phi) is 4.92. The number of hydrogen-bond acceptors (Lipinski definition) is 5. The van der Waals surface area contributed by atoms with E-state index in [9.17, 15) is 14.9 Å². The van der Waals surface area contributed by atoms with Crippen molar-refractivity contribution in [3.63, 3.8) is 0 Å². The van der Waals surface area contributed by atoms with Crippen molar-refractivity contribution in [2.75, 3.05) is 11.9 Å². The molecule has 0 spiro atoms. The number of nitrogens with one attached hydrogen (secondary N) is 1. The van der Waals surface area contributed by atoms with Gasteiger partial charge in [-0.05, 0) is 46.6 Å². The van der Waals surface area contributed by atoms with Gasteiger partial charge in [-0.3, -0.25) is 10.1 Å². The Balaban J connectivity index is 2.11. The van der Waals surface area contributed by atoms with E-state index in [4.69, 9.17) is 5.11 Å². The molecule has 0 fully saturated rings. The second-order valence-corrected chi connectivity index (χ2v) is 6.72. The topological polar surface area (TPSA) is 92.5 Å². The molecule has 0 saturated heterocycles. The highest BCUT2D eigenvalue weighted by Crippen LogP contribution is 2.26. The van der Waals surface area contributed by atoms with Crippen molar-refractivity contribution in [1.82, 2.24) is 0 Å². The van der Waals surface area contributed by atoms with Crippen LogP contribution in [0.25, 0.3) is 0 Å². The number of hydrogen-bond donors (Lipinski definition) is 2. The van der Waals surface area contributed by atoms with Crippen molar-refractivity contribution in [2.24, 2.45) is 0 Å². The van der Waals surface area contributed by atoms with Gasteiger partial charge in [0.2, 0.25) is 0 Å². The third kappa shape index (κ3) is 4.02. The van der Waals surface area contributed by atoms with Gasteiger partial charge in [0.25, 0.3) is 5.69 Å². The number of rotatable bonds is 6. The molecule has 0 bridgehead atoms. The lowest BCUT2D eigenvalue weighted by molar-refractivity contribution is -0.384. The van der Waals surface area contributed by atoms with Crippen LogP contribution in [0.3, 0.4) is 0 Å². The van der Waals surface area contributed by atoms with Gasteiger partial charge in [-0.15, -0.1) is 11.3 Å². The van der Waals surface area contributed by atoms with Crippen molar-refractivity contribution in [2.45, 2.75) is 6.42 Å². The quantitative estimate of drug-likeness (QED) is 0.596. The Hall–Kier alpha value is -1.93. The lowest BCUT2D eigenvalue weighted by Gasteiger charge is -2.07. The van der Waals surface area contributed by atoms with Gasteiger partial charge in [-0.1, -0.05) is 0 Å². The van der Waals surface area contributed by atoms with E-state index in [1.54, 1.807) is 11.3 Å². The number of carbonyl (C=O) groups is 1. The summed E-state index contributed by atoms with van der Waals surface area (Å²) in [6.07, 6.45) is 0.699. The number of aromatic carboxylic acids is 1. The van der Waals surface area contributed by atoms with E-state index in [2.05, 4.69) is 21.2 Å². The smallest absolute Gasteiger partial charge is 0.335 e. The lowest BCUT2D eigenvalue weighted by atomic mass is 10.1.